The van der Waals surface area contributed by atoms with Crippen molar-refractivity contribution in [2.45, 2.75) is 20.3 Å². The van der Waals surface area contributed by atoms with Crippen molar-refractivity contribution < 1.29 is 0 Å². The molecule has 0 radical (unpaired) electrons. The summed E-state index contributed by atoms with van der Waals surface area (Å²) in [5.74, 6) is 0. The predicted molar refractivity (Wildman–Crippen MR) is 50.2 cm³/mol. The van der Waals surface area contributed by atoms with Crippen molar-refractivity contribution >= 4 is 10.9 Å². The Morgan fingerprint density at radius 2 is 2.25 bits per heavy atom. The number of para-hydroxylation sites is 1. The van der Waals surface area contributed by atoms with Crippen LogP contribution in [-0.4, -0.2) is 10.2 Å². The van der Waals surface area contributed by atoms with Gasteiger partial charge in [-0.2, -0.15) is 5.10 Å². The molecule has 0 fully saturated rings. The minimum absolute atomic E-state index is 1.04. The number of nitrogens with one attached hydrogen (secondary N) is 1. The van der Waals surface area contributed by atoms with Gasteiger partial charge in [-0.1, -0.05) is 25.1 Å². The van der Waals surface area contributed by atoms with Crippen molar-refractivity contribution in [1.82, 2.24) is 10.2 Å². The van der Waals surface area contributed by atoms with E-state index < -0.39 is 0 Å². The first kappa shape index (κ1) is 7.35. The fourth-order valence-electron chi connectivity index (χ4n) is 1.51. The number of hydrogen-bond acceptors (Lipinski definition) is 1. The number of fused-ring (bicyclic) bond motifs is 1. The van der Waals surface area contributed by atoms with Crippen molar-refractivity contribution in [3.05, 3.63) is 29.5 Å². The van der Waals surface area contributed by atoms with Gasteiger partial charge in [0.2, 0.25) is 0 Å². The maximum Gasteiger partial charge on any atom is 0.0955 e. The molecule has 0 amide bonds. The maximum absolute atomic E-state index is 4.26. The van der Waals surface area contributed by atoms with E-state index in [4.69, 9.17) is 0 Å². The SMILES string of the molecule is CCc1cccc2c(C)[nH]nc12. The molecule has 0 aliphatic carbocycles. The Morgan fingerprint density at radius 3 is 3.00 bits per heavy atom. The molecule has 62 valence electrons. The fourth-order valence-corrected chi connectivity index (χ4v) is 1.51. The van der Waals surface area contributed by atoms with Crippen molar-refractivity contribution in [3.63, 3.8) is 0 Å². The summed E-state index contributed by atoms with van der Waals surface area (Å²) < 4.78 is 0. The van der Waals surface area contributed by atoms with Crippen LogP contribution in [0.15, 0.2) is 18.2 Å². The first-order chi connectivity index (χ1) is 5.83. The molecule has 0 bridgehead atoms. The lowest BCUT2D eigenvalue weighted by atomic mass is 10.1. The van der Waals surface area contributed by atoms with Crippen LogP contribution in [0.1, 0.15) is 18.2 Å². The van der Waals surface area contributed by atoms with Crippen molar-refractivity contribution in [3.8, 4) is 0 Å². The largest absolute Gasteiger partial charge is 0.282 e. The lowest BCUT2D eigenvalue weighted by molar-refractivity contribution is 1.05. The van der Waals surface area contributed by atoms with Crippen molar-refractivity contribution in [1.29, 1.82) is 0 Å². The molecule has 1 aromatic carbocycles. The molecular weight excluding hydrogens is 148 g/mol. The Morgan fingerprint density at radius 1 is 1.42 bits per heavy atom. The molecule has 0 aliphatic heterocycles. The monoisotopic (exact) mass is 160 g/mol. The van der Waals surface area contributed by atoms with Gasteiger partial charge in [-0.3, -0.25) is 5.10 Å². The third-order valence-corrected chi connectivity index (χ3v) is 2.24. The average Bonchev–Trinajstić information content (AvgIpc) is 2.48. The standard InChI is InChI=1S/C10H12N2/c1-3-8-5-4-6-9-7(2)11-12-10(8)9/h4-6H,3H2,1-2H3,(H,11,12). The minimum Gasteiger partial charge on any atom is -0.282 e. The quantitative estimate of drug-likeness (QED) is 0.682. The molecule has 1 N–H and O–H groups in total. The summed E-state index contributed by atoms with van der Waals surface area (Å²) in [5, 5.41) is 8.51. The van der Waals surface area contributed by atoms with Gasteiger partial charge in [-0.15, -0.1) is 0 Å². The van der Waals surface area contributed by atoms with Gasteiger partial charge in [-0.25, -0.2) is 0 Å². The van der Waals surface area contributed by atoms with Gasteiger partial charge in [0, 0.05) is 11.1 Å². The van der Waals surface area contributed by atoms with Crippen LogP contribution in [0.2, 0.25) is 0 Å². The van der Waals surface area contributed by atoms with Crippen LogP contribution in [0.25, 0.3) is 10.9 Å². The fraction of sp³-hybridized carbons (Fsp3) is 0.300. The normalized spacial score (nSPS) is 10.8. The van der Waals surface area contributed by atoms with Crippen LogP contribution >= 0.6 is 0 Å². The molecule has 2 rings (SSSR count). The van der Waals surface area contributed by atoms with E-state index >= 15 is 0 Å². The van der Waals surface area contributed by atoms with Gasteiger partial charge in [0.15, 0.2) is 0 Å². The second kappa shape index (κ2) is 2.63. The number of aromatic amines is 1. The van der Waals surface area contributed by atoms with E-state index in [0.29, 0.717) is 0 Å². The molecule has 1 aromatic heterocycles. The first-order valence-electron chi connectivity index (χ1n) is 4.25. The zero-order valence-electron chi connectivity index (χ0n) is 7.39. The van der Waals surface area contributed by atoms with Crippen molar-refractivity contribution in [2.75, 3.05) is 0 Å². The molecular formula is C10H12N2. The zero-order chi connectivity index (χ0) is 8.55. The highest BCUT2D eigenvalue weighted by Gasteiger charge is 2.03. The molecule has 0 spiro atoms. The van der Waals surface area contributed by atoms with Gasteiger partial charge in [-0.05, 0) is 18.9 Å². The number of benzene rings is 1. The lowest BCUT2D eigenvalue weighted by Crippen LogP contribution is -1.81. The third kappa shape index (κ3) is 0.916. The summed E-state index contributed by atoms with van der Waals surface area (Å²) in [6.45, 7) is 4.20. The summed E-state index contributed by atoms with van der Waals surface area (Å²) in [6.07, 6.45) is 1.04. The molecule has 2 heteroatoms. The maximum atomic E-state index is 4.26. The average molecular weight is 160 g/mol. The topological polar surface area (TPSA) is 28.7 Å². The first-order valence-corrected chi connectivity index (χ1v) is 4.25. The van der Waals surface area contributed by atoms with E-state index in [0.717, 1.165) is 17.6 Å². The zero-order valence-corrected chi connectivity index (χ0v) is 7.39. The number of hydrogen-bond donors (Lipinski definition) is 1. The summed E-state index contributed by atoms with van der Waals surface area (Å²) in [7, 11) is 0. The summed E-state index contributed by atoms with van der Waals surface area (Å²) in [4.78, 5) is 0. The highest BCUT2D eigenvalue weighted by Crippen LogP contribution is 2.18. The number of rotatable bonds is 1. The van der Waals surface area contributed by atoms with Crippen LogP contribution in [0.3, 0.4) is 0 Å². The number of nitrogens with zero attached hydrogens (tertiary/aromatic N) is 1. The number of aromatic nitrogens is 2. The van der Waals surface area contributed by atoms with Gasteiger partial charge in [0.25, 0.3) is 0 Å². The van der Waals surface area contributed by atoms with E-state index in [1.54, 1.807) is 0 Å². The Balaban J connectivity index is 2.81. The van der Waals surface area contributed by atoms with Crippen LogP contribution in [0, 0.1) is 6.92 Å². The summed E-state index contributed by atoms with van der Waals surface area (Å²) >= 11 is 0. The van der Waals surface area contributed by atoms with Gasteiger partial charge >= 0.3 is 0 Å². The Kier molecular flexibility index (Phi) is 1.61. The second-order valence-corrected chi connectivity index (χ2v) is 3.02. The van der Waals surface area contributed by atoms with E-state index in [9.17, 15) is 0 Å². The van der Waals surface area contributed by atoms with E-state index in [1.807, 2.05) is 0 Å². The van der Waals surface area contributed by atoms with Crippen LogP contribution in [-0.2, 0) is 6.42 Å². The Labute approximate surface area is 71.6 Å². The molecule has 0 aliphatic rings. The molecule has 0 saturated carbocycles. The molecule has 2 nitrogen and oxygen atoms in total. The van der Waals surface area contributed by atoms with Crippen LogP contribution < -0.4 is 0 Å². The highest BCUT2D eigenvalue weighted by molar-refractivity contribution is 5.84. The molecule has 0 saturated heterocycles. The minimum atomic E-state index is 1.04. The smallest absolute Gasteiger partial charge is 0.0955 e. The summed E-state index contributed by atoms with van der Waals surface area (Å²) in [6, 6.07) is 6.32. The second-order valence-electron chi connectivity index (χ2n) is 3.02. The van der Waals surface area contributed by atoms with Crippen LogP contribution in [0.4, 0.5) is 0 Å². The Bertz CT molecular complexity index is 401. The summed E-state index contributed by atoms with van der Waals surface area (Å²) in [5.41, 5.74) is 3.59. The molecule has 12 heavy (non-hydrogen) atoms. The van der Waals surface area contributed by atoms with E-state index in [1.165, 1.54) is 10.9 Å². The van der Waals surface area contributed by atoms with E-state index in [2.05, 4.69) is 42.2 Å². The van der Waals surface area contributed by atoms with Gasteiger partial charge in [0.05, 0.1) is 5.52 Å². The number of aryl methyl sites for hydroxylation is 2. The molecule has 1 heterocycles. The van der Waals surface area contributed by atoms with Gasteiger partial charge < -0.3 is 0 Å². The highest BCUT2D eigenvalue weighted by atomic mass is 15.1. The molecule has 0 unspecified atom stereocenters. The lowest BCUT2D eigenvalue weighted by Gasteiger charge is -1.95. The predicted octanol–water partition coefficient (Wildman–Crippen LogP) is 2.43. The van der Waals surface area contributed by atoms with Crippen LogP contribution in [0.5, 0.6) is 0 Å². The van der Waals surface area contributed by atoms with E-state index in [-0.39, 0.29) is 0 Å². The molecule has 0 atom stereocenters. The van der Waals surface area contributed by atoms with Gasteiger partial charge in [0.1, 0.15) is 0 Å². The Hall–Kier alpha value is -1.31. The molecule has 2 aromatic rings. The number of H-pyrrole nitrogens is 1. The van der Waals surface area contributed by atoms with Crippen molar-refractivity contribution in [2.24, 2.45) is 0 Å². The third-order valence-electron chi connectivity index (χ3n) is 2.24.